The molecule has 0 atom stereocenters. The van der Waals surface area contributed by atoms with E-state index in [-0.39, 0.29) is 0 Å². The van der Waals surface area contributed by atoms with E-state index >= 15 is 0 Å². The number of hydrogen-bond acceptors (Lipinski definition) is 3. The van der Waals surface area contributed by atoms with Crippen molar-refractivity contribution in [2.45, 2.75) is 12.8 Å². The normalized spacial score (nSPS) is 13.5. The summed E-state index contributed by atoms with van der Waals surface area (Å²) >= 11 is 0. The van der Waals surface area contributed by atoms with Crippen LogP contribution in [0, 0.1) is 0 Å². The predicted molar refractivity (Wildman–Crippen MR) is 140 cm³/mol. The van der Waals surface area contributed by atoms with Gasteiger partial charge in [-0.25, -0.2) is 4.98 Å². The Morgan fingerprint density at radius 1 is 0.629 bits per heavy atom. The van der Waals surface area contributed by atoms with Gasteiger partial charge in [-0.15, -0.1) is 0 Å². The van der Waals surface area contributed by atoms with Crippen LogP contribution in [-0.4, -0.2) is 19.4 Å². The molecule has 9 rings (SSSR count). The molecule has 7 aromatic rings. The molecule has 4 heteroatoms. The number of nitrogens with zero attached hydrogens (tertiary/aromatic N) is 4. The van der Waals surface area contributed by atoms with Gasteiger partial charge in [0.05, 0.1) is 17.2 Å². The van der Waals surface area contributed by atoms with E-state index in [4.69, 9.17) is 4.98 Å². The molecule has 0 radical (unpaired) electrons. The zero-order valence-corrected chi connectivity index (χ0v) is 18.8. The highest BCUT2D eigenvalue weighted by Crippen LogP contribution is 2.48. The van der Waals surface area contributed by atoms with Crippen molar-refractivity contribution in [2.24, 2.45) is 0 Å². The van der Waals surface area contributed by atoms with Gasteiger partial charge >= 0.3 is 0 Å². The molecule has 4 nitrogen and oxygen atoms in total. The fourth-order valence-corrected chi connectivity index (χ4v) is 6.51. The highest BCUT2D eigenvalue weighted by molar-refractivity contribution is 6.20. The monoisotopic (exact) mass is 446 g/mol. The number of pyridine rings is 3. The van der Waals surface area contributed by atoms with Gasteiger partial charge in [-0.2, -0.15) is 0 Å². The van der Waals surface area contributed by atoms with E-state index in [1.165, 1.54) is 55.3 Å². The lowest BCUT2D eigenvalue weighted by molar-refractivity contribution is 1.24. The number of fused-ring (bicyclic) bond motifs is 15. The second-order valence-electron chi connectivity index (χ2n) is 9.73. The first kappa shape index (κ1) is 17.8. The van der Waals surface area contributed by atoms with Crippen LogP contribution >= 0.6 is 0 Å². The van der Waals surface area contributed by atoms with Crippen LogP contribution in [0.3, 0.4) is 0 Å². The summed E-state index contributed by atoms with van der Waals surface area (Å²) < 4.78 is 2.26. The molecule has 0 unspecified atom stereocenters. The summed E-state index contributed by atoms with van der Waals surface area (Å²) in [6.45, 7) is 0. The van der Waals surface area contributed by atoms with E-state index in [2.05, 4.69) is 69.0 Å². The second-order valence-corrected chi connectivity index (χ2v) is 9.73. The third-order valence-corrected chi connectivity index (χ3v) is 7.97. The molecule has 0 saturated heterocycles. The van der Waals surface area contributed by atoms with Crippen molar-refractivity contribution in [2.75, 3.05) is 0 Å². The molecule has 0 aliphatic heterocycles. The number of imidazole rings is 1. The number of benzene rings is 3. The Hall–Kier alpha value is -4.57. The lowest BCUT2D eigenvalue weighted by Gasteiger charge is -2.13. The largest absolute Gasteiger partial charge is 0.291 e. The first-order chi connectivity index (χ1) is 17.3. The van der Waals surface area contributed by atoms with Crippen LogP contribution in [0.5, 0.6) is 0 Å². The van der Waals surface area contributed by atoms with Crippen LogP contribution in [0.1, 0.15) is 22.3 Å². The Morgan fingerprint density at radius 3 is 2.40 bits per heavy atom. The minimum absolute atomic E-state index is 0.912. The van der Waals surface area contributed by atoms with E-state index in [9.17, 15) is 0 Å². The molecule has 0 bridgehead atoms. The minimum atomic E-state index is 0.912. The summed E-state index contributed by atoms with van der Waals surface area (Å²) in [6.07, 6.45) is 9.55. The zero-order valence-electron chi connectivity index (χ0n) is 18.8. The number of aromatic nitrogens is 4. The van der Waals surface area contributed by atoms with Gasteiger partial charge < -0.3 is 0 Å². The third-order valence-electron chi connectivity index (χ3n) is 7.97. The average molecular weight is 447 g/mol. The van der Waals surface area contributed by atoms with E-state index in [0.29, 0.717) is 0 Å². The van der Waals surface area contributed by atoms with Gasteiger partial charge in [0.2, 0.25) is 0 Å². The van der Waals surface area contributed by atoms with Gasteiger partial charge in [0.25, 0.3) is 0 Å². The highest BCUT2D eigenvalue weighted by atomic mass is 15.0. The molecule has 0 fully saturated rings. The maximum atomic E-state index is 5.04. The topological polar surface area (TPSA) is 43.1 Å². The van der Waals surface area contributed by atoms with Crippen LogP contribution in [-0.2, 0) is 12.8 Å². The molecule has 162 valence electrons. The van der Waals surface area contributed by atoms with E-state index in [1.54, 1.807) is 0 Å². The van der Waals surface area contributed by atoms with Crippen LogP contribution in [0.4, 0.5) is 0 Å². The molecule has 4 aromatic heterocycles. The number of rotatable bonds is 0. The maximum absolute atomic E-state index is 5.04. The van der Waals surface area contributed by atoms with Crippen molar-refractivity contribution < 1.29 is 0 Å². The molecule has 3 aromatic carbocycles. The summed E-state index contributed by atoms with van der Waals surface area (Å²) in [5.41, 5.74) is 15.3. The zero-order chi connectivity index (χ0) is 22.7. The van der Waals surface area contributed by atoms with Crippen molar-refractivity contribution in [1.82, 2.24) is 19.4 Å². The SMILES string of the molecule is c1ccc2c(c1)Cc1cc3c(cc1-2)Cc1ccc2c(c1-3)c1cnccc1n1c3ccncc3nc21. The minimum Gasteiger partial charge on any atom is -0.291 e. The fourth-order valence-electron chi connectivity index (χ4n) is 6.51. The van der Waals surface area contributed by atoms with Crippen molar-refractivity contribution >= 4 is 38.4 Å². The van der Waals surface area contributed by atoms with E-state index in [1.807, 2.05) is 30.9 Å². The van der Waals surface area contributed by atoms with Crippen LogP contribution < -0.4 is 0 Å². The molecular formula is C31H18N4. The van der Waals surface area contributed by atoms with Gasteiger partial charge in [0.1, 0.15) is 11.2 Å². The van der Waals surface area contributed by atoms with E-state index in [0.717, 1.165) is 40.4 Å². The molecule has 2 aliphatic carbocycles. The second kappa shape index (κ2) is 6.10. The van der Waals surface area contributed by atoms with Crippen LogP contribution in [0.15, 0.2) is 85.5 Å². The summed E-state index contributed by atoms with van der Waals surface area (Å²) in [5, 5.41) is 3.59. The Balaban J connectivity index is 1.43. The standard InChI is InChI=1S/C31H18N4/c1-2-4-21-17(3-1)11-19-14-24-20(13-23(19)21)12-18-5-6-22-30(29(18)24)25-15-32-9-7-27(25)35-28-8-10-33-16-26(28)34-31(22)35/h1-10,13-16H,11-12H2. The third kappa shape index (κ3) is 2.15. The summed E-state index contributed by atoms with van der Waals surface area (Å²) in [7, 11) is 0. The van der Waals surface area contributed by atoms with Gasteiger partial charge in [-0.3, -0.25) is 14.4 Å². The summed E-state index contributed by atoms with van der Waals surface area (Å²) in [6, 6.07) is 22.4. The van der Waals surface area contributed by atoms with Crippen LogP contribution in [0.25, 0.3) is 60.6 Å². The summed E-state index contributed by atoms with van der Waals surface area (Å²) in [5.74, 6) is 0. The molecular weight excluding hydrogens is 428 g/mol. The van der Waals surface area contributed by atoms with Crippen LogP contribution in [0.2, 0.25) is 0 Å². The van der Waals surface area contributed by atoms with Crippen molar-refractivity contribution in [3.05, 3.63) is 108 Å². The Labute approximate surface area is 200 Å². The first-order valence-corrected chi connectivity index (χ1v) is 12.0. The molecule has 0 amide bonds. The molecule has 0 spiro atoms. The smallest absolute Gasteiger partial charge is 0.146 e. The van der Waals surface area contributed by atoms with Crippen molar-refractivity contribution in [1.29, 1.82) is 0 Å². The summed E-state index contributed by atoms with van der Waals surface area (Å²) in [4.78, 5) is 13.9. The van der Waals surface area contributed by atoms with Gasteiger partial charge in [0, 0.05) is 34.7 Å². The predicted octanol–water partition coefficient (Wildman–Crippen LogP) is 6.73. The molecule has 4 heterocycles. The molecule has 2 aliphatic rings. The maximum Gasteiger partial charge on any atom is 0.146 e. The van der Waals surface area contributed by atoms with Crippen molar-refractivity contribution in [3.8, 4) is 22.3 Å². The molecule has 35 heavy (non-hydrogen) atoms. The number of hydrogen-bond donors (Lipinski definition) is 0. The lowest BCUT2D eigenvalue weighted by atomic mass is 9.94. The van der Waals surface area contributed by atoms with E-state index < -0.39 is 0 Å². The fraction of sp³-hybridized carbons (Fsp3) is 0.0645. The first-order valence-electron chi connectivity index (χ1n) is 12.0. The molecule has 0 saturated carbocycles. The van der Waals surface area contributed by atoms with Crippen molar-refractivity contribution in [3.63, 3.8) is 0 Å². The van der Waals surface area contributed by atoms with Gasteiger partial charge in [-0.1, -0.05) is 36.4 Å². The Bertz CT molecular complexity index is 2070. The van der Waals surface area contributed by atoms with Gasteiger partial charge in [-0.05, 0) is 81.6 Å². The molecule has 0 N–H and O–H groups in total. The quantitative estimate of drug-likeness (QED) is 0.243. The Morgan fingerprint density at radius 2 is 1.43 bits per heavy atom. The lowest BCUT2D eigenvalue weighted by Crippen LogP contribution is -1.94. The highest BCUT2D eigenvalue weighted by Gasteiger charge is 2.28. The average Bonchev–Trinajstić information content (AvgIpc) is 3.58. The van der Waals surface area contributed by atoms with Gasteiger partial charge in [0.15, 0.2) is 0 Å². The Kier molecular flexibility index (Phi) is 3.11.